The van der Waals surface area contributed by atoms with Crippen LogP contribution >= 0.6 is 12.4 Å². The quantitative estimate of drug-likeness (QED) is 0.423. The average Bonchev–Trinajstić information content (AvgIpc) is 2.12. The van der Waals surface area contributed by atoms with Crippen LogP contribution in [-0.4, -0.2) is 18.5 Å². The molecule has 0 radical (unpaired) electrons. The molecule has 54 valence electrons. The van der Waals surface area contributed by atoms with Crippen molar-refractivity contribution in [3.05, 3.63) is 0 Å². The predicted molar refractivity (Wildman–Crippen MR) is 38.1 cm³/mol. The molecular weight excluding hydrogens is 140 g/mol. The van der Waals surface area contributed by atoms with Crippen LogP contribution in [0.1, 0.15) is 12.8 Å². The lowest BCUT2D eigenvalue weighted by atomic mass is 10.2. The Morgan fingerprint density at radius 1 is 1.67 bits per heavy atom. The first-order valence-corrected chi connectivity index (χ1v) is 2.76. The van der Waals surface area contributed by atoms with Crippen molar-refractivity contribution in [2.75, 3.05) is 6.61 Å². The summed E-state index contributed by atoms with van der Waals surface area (Å²) in [5, 5.41) is 6.94. The minimum Gasteiger partial charge on any atom is -0.385 e. The third-order valence-corrected chi connectivity index (χ3v) is 1.28. The summed E-state index contributed by atoms with van der Waals surface area (Å²) in [5.41, 5.74) is 5.16. The largest absolute Gasteiger partial charge is 0.385 e. The first-order chi connectivity index (χ1) is 3.80. The van der Waals surface area contributed by atoms with E-state index >= 15 is 0 Å². The number of hydrogen-bond acceptors (Lipinski definition) is 2. The van der Waals surface area contributed by atoms with Gasteiger partial charge in [0.25, 0.3) is 0 Å². The Morgan fingerprint density at radius 3 is 2.56 bits per heavy atom. The van der Waals surface area contributed by atoms with Gasteiger partial charge in [-0.15, -0.1) is 12.4 Å². The SMILES string of the molecule is Cl.N=C(N)C1CCCO1. The maximum absolute atomic E-state index is 6.94. The lowest BCUT2D eigenvalue weighted by molar-refractivity contribution is 0.157. The van der Waals surface area contributed by atoms with Crippen molar-refractivity contribution in [2.24, 2.45) is 5.73 Å². The summed E-state index contributed by atoms with van der Waals surface area (Å²) >= 11 is 0. The molecule has 0 aromatic carbocycles. The molecule has 0 bridgehead atoms. The summed E-state index contributed by atoms with van der Waals surface area (Å²) in [6.07, 6.45) is 1.90. The average molecular weight is 151 g/mol. The van der Waals surface area contributed by atoms with E-state index in [0.717, 1.165) is 19.4 Å². The topological polar surface area (TPSA) is 59.1 Å². The van der Waals surface area contributed by atoms with Crippen molar-refractivity contribution >= 4 is 18.2 Å². The summed E-state index contributed by atoms with van der Waals surface area (Å²) in [7, 11) is 0. The highest BCUT2D eigenvalue weighted by molar-refractivity contribution is 5.85. The number of rotatable bonds is 1. The molecule has 4 heteroatoms. The van der Waals surface area contributed by atoms with Crippen molar-refractivity contribution in [3.63, 3.8) is 0 Å². The molecule has 1 aliphatic heterocycles. The predicted octanol–water partition coefficient (Wildman–Crippen LogP) is 0.523. The van der Waals surface area contributed by atoms with Crippen molar-refractivity contribution in [2.45, 2.75) is 18.9 Å². The number of halogens is 1. The van der Waals surface area contributed by atoms with Gasteiger partial charge in [-0.25, -0.2) is 0 Å². The summed E-state index contributed by atoms with van der Waals surface area (Å²) in [4.78, 5) is 0. The lowest BCUT2D eigenvalue weighted by Gasteiger charge is -2.03. The third kappa shape index (κ3) is 2.20. The van der Waals surface area contributed by atoms with Crippen LogP contribution in [0.3, 0.4) is 0 Å². The molecule has 0 aromatic rings. The van der Waals surface area contributed by atoms with Gasteiger partial charge in [0.05, 0.1) is 0 Å². The highest BCUT2D eigenvalue weighted by Gasteiger charge is 2.17. The minimum absolute atomic E-state index is 0. The molecule has 1 fully saturated rings. The van der Waals surface area contributed by atoms with E-state index in [2.05, 4.69) is 0 Å². The van der Waals surface area contributed by atoms with Crippen molar-refractivity contribution in [1.29, 1.82) is 5.41 Å². The van der Waals surface area contributed by atoms with Crippen LogP contribution in [0.5, 0.6) is 0 Å². The van der Waals surface area contributed by atoms with Crippen molar-refractivity contribution in [3.8, 4) is 0 Å². The molecule has 1 rings (SSSR count). The second-order valence-electron chi connectivity index (χ2n) is 1.96. The molecule has 0 aromatic heterocycles. The van der Waals surface area contributed by atoms with Crippen LogP contribution in [0.15, 0.2) is 0 Å². The van der Waals surface area contributed by atoms with Gasteiger partial charge >= 0.3 is 0 Å². The van der Waals surface area contributed by atoms with Crippen LogP contribution in [0, 0.1) is 5.41 Å². The summed E-state index contributed by atoms with van der Waals surface area (Å²) < 4.78 is 5.06. The minimum atomic E-state index is -0.0741. The zero-order valence-electron chi connectivity index (χ0n) is 5.09. The monoisotopic (exact) mass is 150 g/mol. The van der Waals surface area contributed by atoms with Gasteiger partial charge in [0.1, 0.15) is 11.9 Å². The first kappa shape index (κ1) is 8.72. The summed E-state index contributed by atoms with van der Waals surface area (Å²) in [5.74, 6) is 0.169. The van der Waals surface area contributed by atoms with E-state index in [-0.39, 0.29) is 24.3 Å². The van der Waals surface area contributed by atoms with Gasteiger partial charge in [-0.1, -0.05) is 0 Å². The number of nitrogens with two attached hydrogens (primary N) is 1. The fourth-order valence-electron chi connectivity index (χ4n) is 0.823. The molecule has 1 saturated heterocycles. The van der Waals surface area contributed by atoms with E-state index in [1.807, 2.05) is 0 Å². The Balaban J connectivity index is 0.000000640. The van der Waals surface area contributed by atoms with Crippen molar-refractivity contribution < 1.29 is 4.74 Å². The van der Waals surface area contributed by atoms with Crippen LogP contribution in [0.4, 0.5) is 0 Å². The second kappa shape index (κ2) is 3.69. The molecule has 3 nitrogen and oxygen atoms in total. The highest BCUT2D eigenvalue weighted by atomic mass is 35.5. The van der Waals surface area contributed by atoms with Crippen LogP contribution in [-0.2, 0) is 4.74 Å². The molecule has 1 atom stereocenters. The van der Waals surface area contributed by atoms with Crippen molar-refractivity contribution in [1.82, 2.24) is 0 Å². The van der Waals surface area contributed by atoms with E-state index in [1.54, 1.807) is 0 Å². The van der Waals surface area contributed by atoms with Gasteiger partial charge in [0, 0.05) is 6.61 Å². The fourth-order valence-corrected chi connectivity index (χ4v) is 0.823. The molecule has 0 aliphatic carbocycles. The zero-order chi connectivity index (χ0) is 5.98. The van der Waals surface area contributed by atoms with Gasteiger partial charge in [0.15, 0.2) is 0 Å². The van der Waals surface area contributed by atoms with Gasteiger partial charge < -0.3 is 10.5 Å². The molecule has 1 heterocycles. The number of amidine groups is 1. The van der Waals surface area contributed by atoms with Gasteiger partial charge in [-0.2, -0.15) is 0 Å². The normalized spacial score (nSPS) is 25.1. The second-order valence-corrected chi connectivity index (χ2v) is 1.96. The Hall–Kier alpha value is -0.280. The van der Waals surface area contributed by atoms with E-state index in [9.17, 15) is 0 Å². The number of nitrogens with one attached hydrogen (secondary N) is 1. The molecule has 1 unspecified atom stereocenters. The van der Waals surface area contributed by atoms with E-state index in [4.69, 9.17) is 15.9 Å². The zero-order valence-corrected chi connectivity index (χ0v) is 5.91. The third-order valence-electron chi connectivity index (χ3n) is 1.28. The molecule has 0 amide bonds. The Bertz CT molecular complexity index is 101. The van der Waals surface area contributed by atoms with Gasteiger partial charge in [0.2, 0.25) is 0 Å². The summed E-state index contributed by atoms with van der Waals surface area (Å²) in [6.45, 7) is 0.768. The lowest BCUT2D eigenvalue weighted by Crippen LogP contribution is -2.26. The molecule has 1 aliphatic rings. The molecule has 0 spiro atoms. The molecule has 3 N–H and O–H groups in total. The Kier molecular flexibility index (Phi) is 3.58. The number of hydrogen-bond donors (Lipinski definition) is 2. The number of ether oxygens (including phenoxy) is 1. The van der Waals surface area contributed by atoms with Crippen LogP contribution in [0.2, 0.25) is 0 Å². The van der Waals surface area contributed by atoms with Gasteiger partial charge in [-0.05, 0) is 12.8 Å². The van der Waals surface area contributed by atoms with E-state index in [1.165, 1.54) is 0 Å². The van der Waals surface area contributed by atoms with Gasteiger partial charge in [-0.3, -0.25) is 5.41 Å². The standard InChI is InChI=1S/C5H10N2O.ClH/c6-5(7)4-2-1-3-8-4;/h4H,1-3H2,(H3,6,7);1H. The maximum Gasteiger partial charge on any atom is 0.120 e. The first-order valence-electron chi connectivity index (χ1n) is 2.76. The van der Waals surface area contributed by atoms with Crippen LogP contribution < -0.4 is 5.73 Å². The van der Waals surface area contributed by atoms with E-state index in [0.29, 0.717) is 0 Å². The van der Waals surface area contributed by atoms with E-state index < -0.39 is 0 Å². The maximum atomic E-state index is 6.94. The fraction of sp³-hybridized carbons (Fsp3) is 0.800. The molecule has 9 heavy (non-hydrogen) atoms. The Labute approximate surface area is 60.5 Å². The smallest absolute Gasteiger partial charge is 0.120 e. The molecular formula is C5H11ClN2O. The Morgan fingerprint density at radius 2 is 2.33 bits per heavy atom. The highest BCUT2D eigenvalue weighted by Crippen LogP contribution is 2.10. The summed E-state index contributed by atoms with van der Waals surface area (Å²) in [6, 6.07) is 0. The molecule has 0 saturated carbocycles. The van der Waals surface area contributed by atoms with Crippen LogP contribution in [0.25, 0.3) is 0 Å².